The molecule has 1 N–H and O–H groups in total. The molecule has 1 saturated carbocycles. The molecule has 0 bridgehead atoms. The number of hydrogen-bond donors (Lipinski definition) is 1. The minimum atomic E-state index is 0.110. The van der Waals surface area contributed by atoms with Crippen LogP contribution in [0, 0.1) is 11.8 Å². The molecule has 2 unspecified atom stereocenters. The lowest BCUT2D eigenvalue weighted by molar-refractivity contribution is 0.209. The van der Waals surface area contributed by atoms with E-state index in [1.165, 1.54) is 19.3 Å². The molecule has 2 rings (SSSR count). The lowest BCUT2D eigenvalue weighted by Crippen LogP contribution is -2.35. The van der Waals surface area contributed by atoms with Gasteiger partial charge in [-0.2, -0.15) is 5.10 Å². The zero-order valence-corrected chi connectivity index (χ0v) is 13.0. The van der Waals surface area contributed by atoms with E-state index in [1.807, 2.05) is 6.33 Å². The number of aromatic nitrogens is 3. The molecule has 1 heterocycles. The predicted molar refractivity (Wildman–Crippen MR) is 77.8 cm³/mol. The Kier molecular flexibility index (Phi) is 4.29. The Morgan fingerprint density at radius 1 is 1.21 bits per heavy atom. The van der Waals surface area contributed by atoms with Crippen LogP contribution in [0.1, 0.15) is 65.7 Å². The van der Waals surface area contributed by atoms with Crippen LogP contribution in [-0.2, 0) is 6.54 Å². The fraction of sp³-hybridized carbons (Fsp3) is 0.867. The Morgan fingerprint density at radius 3 is 2.42 bits per heavy atom. The molecule has 1 aliphatic rings. The van der Waals surface area contributed by atoms with Gasteiger partial charge in [0.15, 0.2) is 5.82 Å². The Labute approximate surface area is 117 Å². The summed E-state index contributed by atoms with van der Waals surface area (Å²) in [6.07, 6.45) is 5.73. The second kappa shape index (κ2) is 5.61. The Hall–Kier alpha value is -0.900. The van der Waals surface area contributed by atoms with Crippen LogP contribution < -0.4 is 5.32 Å². The van der Waals surface area contributed by atoms with Crippen LogP contribution >= 0.6 is 0 Å². The van der Waals surface area contributed by atoms with Gasteiger partial charge >= 0.3 is 0 Å². The smallest absolute Gasteiger partial charge is 0.164 e. The highest BCUT2D eigenvalue weighted by Crippen LogP contribution is 2.35. The molecule has 19 heavy (non-hydrogen) atoms. The summed E-state index contributed by atoms with van der Waals surface area (Å²) in [5, 5.41) is 8.08. The molecular formula is C15H28N4. The summed E-state index contributed by atoms with van der Waals surface area (Å²) in [4.78, 5) is 4.43. The van der Waals surface area contributed by atoms with E-state index in [9.17, 15) is 0 Å². The third-order valence-electron chi connectivity index (χ3n) is 3.86. The summed E-state index contributed by atoms with van der Waals surface area (Å²) < 4.78 is 2.09. The predicted octanol–water partition coefficient (Wildman–Crippen LogP) is 3.16. The van der Waals surface area contributed by atoms with E-state index >= 15 is 0 Å². The summed E-state index contributed by atoms with van der Waals surface area (Å²) in [5.74, 6) is 2.50. The summed E-state index contributed by atoms with van der Waals surface area (Å²) in [7, 11) is 0. The van der Waals surface area contributed by atoms with E-state index in [0.29, 0.717) is 6.04 Å². The molecule has 0 spiro atoms. The maximum absolute atomic E-state index is 4.65. The number of rotatable bonds is 3. The van der Waals surface area contributed by atoms with Crippen LogP contribution in [0.25, 0.3) is 0 Å². The maximum Gasteiger partial charge on any atom is 0.164 e. The average Bonchev–Trinajstić information content (AvgIpc) is 2.72. The molecule has 4 nitrogen and oxygen atoms in total. The van der Waals surface area contributed by atoms with Crippen molar-refractivity contribution in [3.05, 3.63) is 12.2 Å². The third kappa shape index (κ3) is 4.30. The van der Waals surface area contributed by atoms with Gasteiger partial charge in [-0.3, -0.25) is 0 Å². The summed E-state index contributed by atoms with van der Waals surface area (Å²) in [6.45, 7) is 11.9. The van der Waals surface area contributed by atoms with Crippen LogP contribution in [0.5, 0.6) is 0 Å². The molecule has 0 radical (unpaired) electrons. The van der Waals surface area contributed by atoms with Gasteiger partial charge in [0.1, 0.15) is 6.33 Å². The highest BCUT2D eigenvalue weighted by atomic mass is 15.3. The minimum absolute atomic E-state index is 0.110. The van der Waals surface area contributed by atoms with E-state index in [1.54, 1.807) is 0 Å². The fourth-order valence-electron chi connectivity index (χ4n) is 3.03. The van der Waals surface area contributed by atoms with Crippen LogP contribution in [0.3, 0.4) is 0 Å². The normalized spacial score (nSPS) is 28.6. The van der Waals surface area contributed by atoms with Crippen molar-refractivity contribution in [3.63, 3.8) is 0 Å². The van der Waals surface area contributed by atoms with E-state index < -0.39 is 0 Å². The van der Waals surface area contributed by atoms with Gasteiger partial charge in [0, 0.05) is 5.54 Å². The van der Waals surface area contributed by atoms with Crippen LogP contribution in [-0.4, -0.2) is 20.3 Å². The van der Waals surface area contributed by atoms with Crippen molar-refractivity contribution in [1.82, 2.24) is 20.1 Å². The second-order valence-corrected chi connectivity index (χ2v) is 7.32. The van der Waals surface area contributed by atoms with Crippen LogP contribution in [0.4, 0.5) is 0 Å². The first kappa shape index (κ1) is 14.5. The largest absolute Gasteiger partial charge is 0.305 e. The molecule has 0 aliphatic heterocycles. The highest BCUT2D eigenvalue weighted by Gasteiger charge is 2.26. The van der Waals surface area contributed by atoms with E-state index in [4.69, 9.17) is 0 Å². The Balaban J connectivity index is 1.96. The van der Waals surface area contributed by atoms with Crippen LogP contribution in [0.15, 0.2) is 6.33 Å². The molecule has 0 aromatic carbocycles. The monoisotopic (exact) mass is 264 g/mol. The van der Waals surface area contributed by atoms with E-state index in [0.717, 1.165) is 24.2 Å². The molecule has 0 saturated heterocycles. The highest BCUT2D eigenvalue weighted by molar-refractivity contribution is 4.87. The minimum Gasteiger partial charge on any atom is -0.305 e. The fourth-order valence-corrected chi connectivity index (χ4v) is 3.03. The lowest BCUT2D eigenvalue weighted by atomic mass is 9.80. The van der Waals surface area contributed by atoms with Gasteiger partial charge in [0.05, 0.1) is 12.6 Å². The first-order chi connectivity index (χ1) is 8.83. The van der Waals surface area contributed by atoms with Crippen molar-refractivity contribution in [2.24, 2.45) is 11.8 Å². The SMILES string of the molecule is CC1CC(C)CC(n2cnc(CNC(C)(C)C)n2)C1. The molecule has 4 heteroatoms. The zero-order chi connectivity index (χ0) is 14.0. The van der Waals surface area contributed by atoms with Crippen molar-refractivity contribution in [1.29, 1.82) is 0 Å². The topological polar surface area (TPSA) is 42.7 Å². The standard InChI is InChI=1S/C15H28N4/c1-11-6-12(2)8-13(7-11)19-10-16-14(18-19)9-17-15(3,4)5/h10-13,17H,6-9H2,1-5H3. The summed E-state index contributed by atoms with van der Waals surface area (Å²) in [6, 6.07) is 0.537. The quantitative estimate of drug-likeness (QED) is 0.912. The average molecular weight is 264 g/mol. The first-order valence-corrected chi connectivity index (χ1v) is 7.48. The number of nitrogens with zero attached hydrogens (tertiary/aromatic N) is 3. The Morgan fingerprint density at radius 2 is 1.84 bits per heavy atom. The molecule has 2 atom stereocenters. The molecule has 1 aliphatic carbocycles. The maximum atomic E-state index is 4.65. The summed E-state index contributed by atoms with van der Waals surface area (Å²) >= 11 is 0. The van der Waals surface area contributed by atoms with Crippen molar-refractivity contribution in [2.45, 2.75) is 72.0 Å². The van der Waals surface area contributed by atoms with Gasteiger partial charge in [0.2, 0.25) is 0 Å². The molecule has 0 amide bonds. The molecule has 1 fully saturated rings. The molecular weight excluding hydrogens is 236 g/mol. The van der Waals surface area contributed by atoms with Crippen molar-refractivity contribution < 1.29 is 0 Å². The van der Waals surface area contributed by atoms with Gasteiger partial charge in [0.25, 0.3) is 0 Å². The van der Waals surface area contributed by atoms with Gasteiger partial charge in [-0.1, -0.05) is 13.8 Å². The van der Waals surface area contributed by atoms with Crippen molar-refractivity contribution in [2.75, 3.05) is 0 Å². The first-order valence-electron chi connectivity index (χ1n) is 7.48. The van der Waals surface area contributed by atoms with E-state index in [2.05, 4.69) is 54.7 Å². The van der Waals surface area contributed by atoms with E-state index in [-0.39, 0.29) is 5.54 Å². The Bertz CT molecular complexity index is 395. The molecule has 1 aromatic heterocycles. The van der Waals surface area contributed by atoms with Crippen LogP contribution in [0.2, 0.25) is 0 Å². The number of hydrogen-bond acceptors (Lipinski definition) is 3. The lowest BCUT2D eigenvalue weighted by Gasteiger charge is -2.31. The third-order valence-corrected chi connectivity index (χ3v) is 3.86. The summed E-state index contributed by atoms with van der Waals surface area (Å²) in [5.41, 5.74) is 0.110. The number of nitrogens with one attached hydrogen (secondary N) is 1. The van der Waals surface area contributed by atoms with Crippen molar-refractivity contribution >= 4 is 0 Å². The molecule has 1 aromatic rings. The zero-order valence-electron chi connectivity index (χ0n) is 13.0. The van der Waals surface area contributed by atoms with Crippen molar-refractivity contribution in [3.8, 4) is 0 Å². The van der Waals surface area contributed by atoms with Gasteiger partial charge in [-0.05, 0) is 51.9 Å². The van der Waals surface area contributed by atoms with Gasteiger partial charge < -0.3 is 5.32 Å². The second-order valence-electron chi connectivity index (χ2n) is 7.32. The van der Waals surface area contributed by atoms with Gasteiger partial charge in [-0.25, -0.2) is 9.67 Å². The molecule has 108 valence electrons. The van der Waals surface area contributed by atoms with Gasteiger partial charge in [-0.15, -0.1) is 0 Å².